The molecule has 0 aliphatic heterocycles. The average Bonchev–Trinajstić information content (AvgIpc) is 2.60. The van der Waals surface area contributed by atoms with Crippen LogP contribution in [0.25, 0.3) is 0 Å². The second-order valence-corrected chi connectivity index (χ2v) is 5.59. The first-order chi connectivity index (χ1) is 12.2. The lowest BCUT2D eigenvalue weighted by Crippen LogP contribution is -2.32. The number of halogens is 3. The van der Waals surface area contributed by atoms with E-state index < -0.39 is 23.7 Å². The second kappa shape index (κ2) is 7.90. The molecule has 2 aromatic rings. The van der Waals surface area contributed by atoms with Crippen molar-refractivity contribution in [1.29, 1.82) is 0 Å². The molecule has 5 nitrogen and oxygen atoms in total. The number of anilines is 2. The smallest absolute Gasteiger partial charge is 0.374 e. The van der Waals surface area contributed by atoms with E-state index in [1.165, 1.54) is 19.2 Å². The Morgan fingerprint density at radius 1 is 1.00 bits per heavy atom. The van der Waals surface area contributed by atoms with Crippen molar-refractivity contribution in [3.8, 4) is 0 Å². The summed E-state index contributed by atoms with van der Waals surface area (Å²) in [5, 5.41) is 7.99. The fraction of sp³-hybridized carbons (Fsp3) is 0.222. The van der Waals surface area contributed by atoms with Gasteiger partial charge in [-0.25, -0.2) is 0 Å². The first kappa shape index (κ1) is 19.3. The van der Waals surface area contributed by atoms with Gasteiger partial charge in [-0.15, -0.1) is 0 Å². The number of hydrogen-bond acceptors (Lipinski definition) is 3. The maximum absolute atomic E-state index is 12.5. The minimum absolute atomic E-state index is 0.254. The second-order valence-electron chi connectivity index (χ2n) is 5.59. The van der Waals surface area contributed by atoms with Gasteiger partial charge in [0, 0.05) is 24.0 Å². The molecule has 3 N–H and O–H groups in total. The van der Waals surface area contributed by atoms with Crippen molar-refractivity contribution >= 4 is 23.2 Å². The number of hydrogen-bond donors (Lipinski definition) is 3. The van der Waals surface area contributed by atoms with E-state index in [1.54, 1.807) is 31.2 Å². The van der Waals surface area contributed by atoms with Crippen LogP contribution in [0.1, 0.15) is 22.8 Å². The molecule has 0 radical (unpaired) electrons. The van der Waals surface area contributed by atoms with Gasteiger partial charge in [0.05, 0.1) is 5.56 Å². The number of alkyl halides is 3. The molecular weight excluding hydrogens is 347 g/mol. The lowest BCUT2D eigenvalue weighted by molar-refractivity contribution is -0.137. The zero-order valence-corrected chi connectivity index (χ0v) is 14.1. The molecule has 0 aromatic heterocycles. The molecule has 0 unspecified atom stereocenters. The summed E-state index contributed by atoms with van der Waals surface area (Å²) < 4.78 is 37.6. The van der Waals surface area contributed by atoms with Gasteiger partial charge in [0.25, 0.3) is 5.91 Å². The van der Waals surface area contributed by atoms with Crippen LogP contribution in [0.3, 0.4) is 0 Å². The lowest BCUT2D eigenvalue weighted by atomic mass is 10.1. The van der Waals surface area contributed by atoms with Gasteiger partial charge in [-0.2, -0.15) is 13.2 Å². The predicted octanol–water partition coefficient (Wildman–Crippen LogP) is 3.50. The molecule has 0 bridgehead atoms. The van der Waals surface area contributed by atoms with Gasteiger partial charge >= 0.3 is 6.18 Å². The first-order valence-corrected chi connectivity index (χ1v) is 7.77. The molecule has 0 heterocycles. The van der Waals surface area contributed by atoms with Crippen LogP contribution in [0.15, 0.2) is 48.5 Å². The summed E-state index contributed by atoms with van der Waals surface area (Å²) in [6.07, 6.45) is -4.42. The molecule has 0 aliphatic rings. The average molecular weight is 365 g/mol. The number of amides is 2. The van der Waals surface area contributed by atoms with Crippen LogP contribution in [0.5, 0.6) is 0 Å². The summed E-state index contributed by atoms with van der Waals surface area (Å²) >= 11 is 0. The van der Waals surface area contributed by atoms with Crippen molar-refractivity contribution in [1.82, 2.24) is 5.32 Å². The number of benzene rings is 2. The highest BCUT2D eigenvalue weighted by Gasteiger charge is 2.30. The van der Waals surface area contributed by atoms with E-state index in [9.17, 15) is 22.8 Å². The fourth-order valence-electron chi connectivity index (χ4n) is 2.20. The zero-order chi connectivity index (χ0) is 19.3. The van der Waals surface area contributed by atoms with E-state index in [0.717, 1.165) is 12.1 Å². The van der Waals surface area contributed by atoms with Crippen LogP contribution in [-0.4, -0.2) is 24.9 Å². The number of carbonyl (C=O) groups excluding carboxylic acids is 2. The van der Waals surface area contributed by atoms with Crippen LogP contribution in [-0.2, 0) is 11.0 Å². The molecule has 1 atom stereocenters. The largest absolute Gasteiger partial charge is 0.416 e. The molecule has 138 valence electrons. The summed E-state index contributed by atoms with van der Waals surface area (Å²) in [6, 6.07) is 10.1. The minimum Gasteiger partial charge on any atom is -0.374 e. The summed E-state index contributed by atoms with van der Waals surface area (Å²) in [4.78, 5) is 23.8. The standard InChI is InChI=1S/C18H18F3N3O2/c1-11(23-15-5-3-4-12(10-15)17(26)22-2)16(25)24-14-8-6-13(7-9-14)18(19,20)21/h3-11,23H,1-2H3,(H,22,26)(H,24,25)/t11-/m0/s1. The molecule has 0 saturated heterocycles. The molecule has 0 fully saturated rings. The normalized spacial score (nSPS) is 12.2. The van der Waals surface area contributed by atoms with Gasteiger partial charge in [0.15, 0.2) is 0 Å². The van der Waals surface area contributed by atoms with Gasteiger partial charge in [-0.05, 0) is 49.4 Å². The van der Waals surface area contributed by atoms with E-state index in [1.807, 2.05) is 0 Å². The van der Waals surface area contributed by atoms with E-state index >= 15 is 0 Å². The van der Waals surface area contributed by atoms with E-state index in [-0.39, 0.29) is 11.6 Å². The van der Waals surface area contributed by atoms with Gasteiger partial charge in [0.1, 0.15) is 6.04 Å². The first-order valence-electron chi connectivity index (χ1n) is 7.77. The quantitative estimate of drug-likeness (QED) is 0.760. The van der Waals surface area contributed by atoms with Gasteiger partial charge in [-0.1, -0.05) is 6.07 Å². The SMILES string of the molecule is CNC(=O)c1cccc(N[C@@H](C)C(=O)Nc2ccc(C(F)(F)F)cc2)c1. The van der Waals surface area contributed by atoms with Crippen molar-refractivity contribution < 1.29 is 22.8 Å². The third-order valence-corrected chi connectivity index (χ3v) is 3.61. The molecule has 0 saturated carbocycles. The zero-order valence-electron chi connectivity index (χ0n) is 14.1. The van der Waals surface area contributed by atoms with Crippen LogP contribution in [0.4, 0.5) is 24.5 Å². The van der Waals surface area contributed by atoms with Crippen molar-refractivity contribution in [2.45, 2.75) is 19.1 Å². The number of carbonyl (C=O) groups is 2. The third kappa shape index (κ3) is 4.98. The van der Waals surface area contributed by atoms with E-state index in [0.29, 0.717) is 11.3 Å². The van der Waals surface area contributed by atoms with Crippen LogP contribution in [0, 0.1) is 0 Å². The Morgan fingerprint density at radius 3 is 2.23 bits per heavy atom. The third-order valence-electron chi connectivity index (χ3n) is 3.61. The number of nitrogens with one attached hydrogen (secondary N) is 3. The fourth-order valence-corrected chi connectivity index (χ4v) is 2.20. The highest BCUT2D eigenvalue weighted by Crippen LogP contribution is 2.29. The van der Waals surface area contributed by atoms with Gasteiger partial charge in [0.2, 0.25) is 5.91 Å². The summed E-state index contributed by atoms with van der Waals surface area (Å²) in [5.41, 5.74) is 0.484. The Labute approximate surface area is 148 Å². The Morgan fingerprint density at radius 2 is 1.65 bits per heavy atom. The van der Waals surface area contributed by atoms with Crippen LogP contribution >= 0.6 is 0 Å². The maximum atomic E-state index is 12.5. The Bertz CT molecular complexity index is 789. The Balaban J connectivity index is 2.00. The summed E-state index contributed by atoms with van der Waals surface area (Å²) in [5.74, 6) is -0.675. The number of rotatable bonds is 5. The topological polar surface area (TPSA) is 70.2 Å². The summed E-state index contributed by atoms with van der Waals surface area (Å²) in [6.45, 7) is 1.60. The predicted molar refractivity (Wildman–Crippen MR) is 93.0 cm³/mol. The maximum Gasteiger partial charge on any atom is 0.416 e. The molecule has 0 aliphatic carbocycles. The minimum atomic E-state index is -4.42. The highest BCUT2D eigenvalue weighted by atomic mass is 19.4. The molecular formula is C18H18F3N3O2. The van der Waals surface area contributed by atoms with E-state index in [4.69, 9.17) is 0 Å². The Hall–Kier alpha value is -3.03. The summed E-state index contributed by atoms with van der Waals surface area (Å²) in [7, 11) is 1.52. The van der Waals surface area contributed by atoms with Gasteiger partial charge < -0.3 is 16.0 Å². The van der Waals surface area contributed by atoms with Crippen molar-refractivity contribution in [3.05, 3.63) is 59.7 Å². The van der Waals surface area contributed by atoms with Crippen molar-refractivity contribution in [3.63, 3.8) is 0 Å². The van der Waals surface area contributed by atoms with E-state index in [2.05, 4.69) is 16.0 Å². The lowest BCUT2D eigenvalue weighted by Gasteiger charge is -2.16. The monoisotopic (exact) mass is 365 g/mol. The van der Waals surface area contributed by atoms with Crippen LogP contribution in [0.2, 0.25) is 0 Å². The molecule has 2 amide bonds. The molecule has 2 rings (SSSR count). The molecule has 2 aromatic carbocycles. The van der Waals surface area contributed by atoms with Crippen LogP contribution < -0.4 is 16.0 Å². The van der Waals surface area contributed by atoms with Gasteiger partial charge in [-0.3, -0.25) is 9.59 Å². The van der Waals surface area contributed by atoms with Crippen molar-refractivity contribution in [2.75, 3.05) is 17.7 Å². The van der Waals surface area contributed by atoms with Crippen molar-refractivity contribution in [2.24, 2.45) is 0 Å². The molecule has 0 spiro atoms. The molecule has 8 heteroatoms. The highest BCUT2D eigenvalue weighted by molar-refractivity contribution is 5.97. The molecule has 26 heavy (non-hydrogen) atoms. The Kier molecular flexibility index (Phi) is 5.86.